The van der Waals surface area contributed by atoms with Crippen LogP contribution in [-0.4, -0.2) is 27.6 Å². The highest BCUT2D eigenvalue weighted by Crippen LogP contribution is 2.41. The molecular weight excluding hydrogens is 292 g/mol. The fraction of sp³-hybridized carbons (Fsp3) is 0.111. The molecule has 0 saturated heterocycles. The second-order valence-corrected chi connectivity index (χ2v) is 4.91. The number of hydrogen-bond donors (Lipinski definition) is 1. The number of rotatable bonds is 5. The molecule has 0 fully saturated rings. The number of carbonyl (C=O) groups excluding carboxylic acids is 1. The van der Waals surface area contributed by atoms with Crippen LogP contribution in [0.1, 0.15) is 17.3 Å². The number of nitrogens with zero attached hydrogens (tertiary/aromatic N) is 2. The van der Waals surface area contributed by atoms with E-state index in [-0.39, 0.29) is 5.75 Å². The monoisotopic (exact) mass is 308 g/mol. The molecule has 5 nitrogen and oxygen atoms in total. The van der Waals surface area contributed by atoms with Gasteiger partial charge in [-0.3, -0.25) is 4.79 Å². The van der Waals surface area contributed by atoms with Gasteiger partial charge < -0.3 is 14.4 Å². The van der Waals surface area contributed by atoms with Gasteiger partial charge in [-0.25, -0.2) is 4.98 Å². The second kappa shape index (κ2) is 6.36. The Balaban J connectivity index is 2.26. The number of carbonyl (C=O) groups is 1. The van der Waals surface area contributed by atoms with E-state index in [9.17, 15) is 9.90 Å². The van der Waals surface area contributed by atoms with Gasteiger partial charge in [-0.15, -0.1) is 0 Å². The van der Waals surface area contributed by atoms with E-state index in [1.54, 1.807) is 35.4 Å². The van der Waals surface area contributed by atoms with Crippen LogP contribution in [0, 0.1) is 0 Å². The van der Waals surface area contributed by atoms with Crippen LogP contribution in [0.15, 0.2) is 55.1 Å². The number of hydrogen-bond acceptors (Lipinski definition) is 4. The number of para-hydroxylation sites is 1. The standard InChI is InChI=1S/C18H16N2O3/c1-2-23-16-6-4-3-5-14(16)17-13(11-21)7-8-15(18(17)22)20-10-9-19-12-20/h3-12,22H,2H2,1H3. The fourth-order valence-corrected chi connectivity index (χ4v) is 2.54. The molecule has 0 bridgehead atoms. The van der Waals surface area contributed by atoms with Crippen LogP contribution in [0.3, 0.4) is 0 Å². The number of aromatic hydroxyl groups is 1. The first-order valence-electron chi connectivity index (χ1n) is 7.28. The first kappa shape index (κ1) is 14.8. The maximum atomic E-state index is 11.4. The normalized spacial score (nSPS) is 10.5. The molecule has 0 spiro atoms. The van der Waals surface area contributed by atoms with Crippen molar-refractivity contribution in [2.24, 2.45) is 0 Å². The third-order valence-electron chi connectivity index (χ3n) is 3.55. The summed E-state index contributed by atoms with van der Waals surface area (Å²) < 4.78 is 7.32. The minimum Gasteiger partial charge on any atom is -0.505 e. The van der Waals surface area contributed by atoms with Crippen LogP contribution in [0.2, 0.25) is 0 Å². The zero-order chi connectivity index (χ0) is 16.2. The molecule has 0 aliphatic heterocycles. The van der Waals surface area contributed by atoms with Crippen molar-refractivity contribution in [1.29, 1.82) is 0 Å². The lowest BCUT2D eigenvalue weighted by Crippen LogP contribution is -1.99. The summed E-state index contributed by atoms with van der Waals surface area (Å²) in [4.78, 5) is 15.4. The van der Waals surface area contributed by atoms with Crippen LogP contribution < -0.4 is 4.74 Å². The number of ether oxygens (including phenoxy) is 1. The van der Waals surface area contributed by atoms with Gasteiger partial charge in [-0.05, 0) is 25.1 Å². The van der Waals surface area contributed by atoms with Gasteiger partial charge >= 0.3 is 0 Å². The molecule has 0 saturated carbocycles. The molecule has 3 aromatic rings. The Bertz CT molecular complexity index is 826. The third kappa shape index (κ3) is 2.68. The maximum absolute atomic E-state index is 11.4. The predicted molar refractivity (Wildman–Crippen MR) is 87.2 cm³/mol. The van der Waals surface area contributed by atoms with Gasteiger partial charge in [-0.2, -0.15) is 0 Å². The van der Waals surface area contributed by atoms with Gasteiger partial charge in [0.2, 0.25) is 0 Å². The van der Waals surface area contributed by atoms with E-state index in [0.29, 0.717) is 34.7 Å². The van der Waals surface area contributed by atoms with E-state index in [4.69, 9.17) is 4.74 Å². The highest BCUT2D eigenvalue weighted by Gasteiger charge is 2.18. The molecule has 1 N–H and O–H groups in total. The lowest BCUT2D eigenvalue weighted by molar-refractivity contribution is 0.112. The first-order chi connectivity index (χ1) is 11.3. The maximum Gasteiger partial charge on any atom is 0.150 e. The van der Waals surface area contributed by atoms with Crippen molar-refractivity contribution in [1.82, 2.24) is 9.55 Å². The fourth-order valence-electron chi connectivity index (χ4n) is 2.54. The van der Waals surface area contributed by atoms with E-state index in [0.717, 1.165) is 6.29 Å². The van der Waals surface area contributed by atoms with Crippen LogP contribution in [0.5, 0.6) is 11.5 Å². The molecular formula is C18H16N2O3. The van der Waals surface area contributed by atoms with Crippen molar-refractivity contribution in [2.45, 2.75) is 6.92 Å². The highest BCUT2D eigenvalue weighted by molar-refractivity contribution is 5.94. The molecule has 3 rings (SSSR count). The van der Waals surface area contributed by atoms with Crippen molar-refractivity contribution >= 4 is 6.29 Å². The summed E-state index contributed by atoms with van der Waals surface area (Å²) in [6, 6.07) is 10.7. The Hall–Kier alpha value is -3.08. The zero-order valence-electron chi connectivity index (χ0n) is 12.6. The highest BCUT2D eigenvalue weighted by atomic mass is 16.5. The van der Waals surface area contributed by atoms with Gasteiger partial charge in [0, 0.05) is 29.1 Å². The van der Waals surface area contributed by atoms with Crippen LogP contribution in [0.4, 0.5) is 0 Å². The van der Waals surface area contributed by atoms with Crippen molar-refractivity contribution in [3.05, 3.63) is 60.7 Å². The summed E-state index contributed by atoms with van der Waals surface area (Å²) in [7, 11) is 0. The third-order valence-corrected chi connectivity index (χ3v) is 3.55. The minimum absolute atomic E-state index is 0.0137. The number of phenolic OH excluding ortho intramolecular Hbond substituents is 1. The molecule has 0 unspecified atom stereocenters. The van der Waals surface area contributed by atoms with E-state index in [2.05, 4.69) is 4.98 Å². The summed E-state index contributed by atoms with van der Waals surface area (Å²) >= 11 is 0. The van der Waals surface area contributed by atoms with Crippen LogP contribution in [-0.2, 0) is 0 Å². The largest absolute Gasteiger partial charge is 0.505 e. The minimum atomic E-state index is 0.0137. The predicted octanol–water partition coefficient (Wildman–Crippen LogP) is 3.46. The van der Waals surface area contributed by atoms with Crippen molar-refractivity contribution < 1.29 is 14.6 Å². The van der Waals surface area contributed by atoms with Gasteiger partial charge in [-0.1, -0.05) is 18.2 Å². The topological polar surface area (TPSA) is 64.4 Å². The van der Waals surface area contributed by atoms with Crippen LogP contribution >= 0.6 is 0 Å². The van der Waals surface area contributed by atoms with E-state index in [1.165, 1.54) is 0 Å². The molecule has 1 heterocycles. The summed E-state index contributed by atoms with van der Waals surface area (Å²) in [6.07, 6.45) is 5.68. The molecule has 23 heavy (non-hydrogen) atoms. The Morgan fingerprint density at radius 1 is 1.26 bits per heavy atom. The first-order valence-corrected chi connectivity index (χ1v) is 7.28. The summed E-state index contributed by atoms with van der Waals surface area (Å²) in [6.45, 7) is 2.38. The molecule has 5 heteroatoms. The molecule has 0 aliphatic rings. The quantitative estimate of drug-likeness (QED) is 0.733. The average molecular weight is 308 g/mol. The Morgan fingerprint density at radius 2 is 2.09 bits per heavy atom. The molecule has 2 aromatic carbocycles. The smallest absolute Gasteiger partial charge is 0.150 e. The molecule has 116 valence electrons. The van der Waals surface area contributed by atoms with Gasteiger partial charge in [0.25, 0.3) is 0 Å². The molecule has 0 amide bonds. The number of aromatic nitrogens is 2. The number of imidazole rings is 1. The molecule has 0 radical (unpaired) electrons. The Kier molecular flexibility index (Phi) is 4.10. The molecule has 1 aromatic heterocycles. The van der Waals surface area contributed by atoms with Crippen molar-refractivity contribution in [2.75, 3.05) is 6.61 Å². The lowest BCUT2D eigenvalue weighted by Gasteiger charge is -2.16. The SMILES string of the molecule is CCOc1ccccc1-c1c(C=O)ccc(-n2ccnc2)c1O. The van der Waals surface area contributed by atoms with Gasteiger partial charge in [0.1, 0.15) is 11.5 Å². The van der Waals surface area contributed by atoms with Crippen molar-refractivity contribution in [3.63, 3.8) is 0 Å². The van der Waals surface area contributed by atoms with E-state index < -0.39 is 0 Å². The Morgan fingerprint density at radius 3 is 2.78 bits per heavy atom. The Labute approximate surface area is 133 Å². The summed E-state index contributed by atoms with van der Waals surface area (Å²) in [5.74, 6) is 0.635. The molecule has 0 aliphatic carbocycles. The average Bonchev–Trinajstić information content (AvgIpc) is 3.10. The van der Waals surface area contributed by atoms with E-state index in [1.807, 2.05) is 31.2 Å². The van der Waals surface area contributed by atoms with Crippen LogP contribution in [0.25, 0.3) is 16.8 Å². The van der Waals surface area contributed by atoms with Crippen molar-refractivity contribution in [3.8, 4) is 28.3 Å². The van der Waals surface area contributed by atoms with Gasteiger partial charge in [0.05, 0.1) is 18.6 Å². The number of benzene rings is 2. The summed E-state index contributed by atoms with van der Waals surface area (Å²) in [5.41, 5.74) is 2.08. The summed E-state index contributed by atoms with van der Waals surface area (Å²) in [5, 5.41) is 10.8. The van der Waals surface area contributed by atoms with E-state index >= 15 is 0 Å². The molecule has 0 atom stereocenters. The number of phenols is 1. The number of aldehydes is 1. The second-order valence-electron chi connectivity index (χ2n) is 4.91. The van der Waals surface area contributed by atoms with Gasteiger partial charge in [0.15, 0.2) is 6.29 Å². The zero-order valence-corrected chi connectivity index (χ0v) is 12.6. The lowest BCUT2D eigenvalue weighted by atomic mass is 9.97.